The molecule has 0 aliphatic carbocycles. The van der Waals surface area contributed by atoms with Gasteiger partial charge in [0, 0.05) is 17.8 Å². The van der Waals surface area contributed by atoms with Crippen molar-refractivity contribution < 1.29 is 9.18 Å². The summed E-state index contributed by atoms with van der Waals surface area (Å²) < 4.78 is 16.1. The van der Waals surface area contributed by atoms with Crippen molar-refractivity contribution in [3.8, 4) is 0 Å². The number of nitrogens with one attached hydrogen (secondary N) is 1. The Morgan fingerprint density at radius 1 is 1.38 bits per heavy atom. The van der Waals surface area contributed by atoms with Gasteiger partial charge in [-0.1, -0.05) is 17.7 Å². The Bertz CT molecular complexity index is 874. The first kappa shape index (κ1) is 16.1. The maximum absolute atomic E-state index is 13.1. The predicted octanol–water partition coefficient (Wildman–Crippen LogP) is 2.59. The van der Waals surface area contributed by atoms with Crippen LogP contribution < -0.4 is 5.32 Å². The largest absolute Gasteiger partial charge is 0.288 e. The fourth-order valence-electron chi connectivity index (χ4n) is 2.20. The van der Waals surface area contributed by atoms with E-state index in [1.54, 1.807) is 23.0 Å². The fraction of sp³-hybridized carbons (Fsp3) is 0.200. The van der Waals surface area contributed by atoms with Crippen LogP contribution in [0.25, 0.3) is 0 Å². The number of anilines is 1. The molecule has 3 rings (SSSR count). The summed E-state index contributed by atoms with van der Waals surface area (Å²) in [5.74, 6) is -0.572. The molecular formula is C15H14ClFN6O. The van der Waals surface area contributed by atoms with Crippen LogP contribution in [0.3, 0.4) is 0 Å². The molecule has 0 saturated heterocycles. The molecule has 2 heterocycles. The van der Waals surface area contributed by atoms with Gasteiger partial charge in [0.2, 0.25) is 5.95 Å². The summed E-state index contributed by atoms with van der Waals surface area (Å²) in [4.78, 5) is 16.2. The van der Waals surface area contributed by atoms with Crippen molar-refractivity contribution >= 4 is 23.5 Å². The van der Waals surface area contributed by atoms with Gasteiger partial charge >= 0.3 is 0 Å². The molecule has 0 radical (unpaired) electrons. The Morgan fingerprint density at radius 3 is 2.96 bits per heavy atom. The zero-order valence-electron chi connectivity index (χ0n) is 12.8. The van der Waals surface area contributed by atoms with E-state index in [1.165, 1.54) is 23.1 Å². The Balaban J connectivity index is 1.70. The minimum atomic E-state index is -0.400. The van der Waals surface area contributed by atoms with Crippen LogP contribution in [0.4, 0.5) is 10.3 Å². The molecule has 0 atom stereocenters. The molecule has 0 saturated carbocycles. The van der Waals surface area contributed by atoms with Gasteiger partial charge < -0.3 is 0 Å². The summed E-state index contributed by atoms with van der Waals surface area (Å²) in [6.07, 6.45) is 3.02. The lowest BCUT2D eigenvalue weighted by Gasteiger charge is -2.04. The van der Waals surface area contributed by atoms with E-state index in [0.717, 1.165) is 0 Å². The zero-order chi connectivity index (χ0) is 17.1. The SMILES string of the molecule is CCn1nccc1C(=O)Nc1ncn(Cc2ccc(F)cc2Cl)n1. The fourth-order valence-corrected chi connectivity index (χ4v) is 2.42. The number of rotatable bonds is 5. The second kappa shape index (κ2) is 6.79. The molecule has 0 aliphatic rings. The van der Waals surface area contributed by atoms with Gasteiger partial charge in [-0.25, -0.2) is 14.1 Å². The topological polar surface area (TPSA) is 77.6 Å². The first-order chi connectivity index (χ1) is 11.6. The van der Waals surface area contributed by atoms with E-state index < -0.39 is 5.82 Å². The lowest BCUT2D eigenvalue weighted by Crippen LogP contribution is -2.18. The molecule has 124 valence electrons. The molecule has 0 bridgehead atoms. The molecule has 2 aromatic heterocycles. The Labute approximate surface area is 142 Å². The van der Waals surface area contributed by atoms with Gasteiger partial charge in [-0.3, -0.25) is 14.8 Å². The summed E-state index contributed by atoms with van der Waals surface area (Å²) in [6.45, 7) is 2.79. The van der Waals surface area contributed by atoms with Crippen molar-refractivity contribution in [2.45, 2.75) is 20.0 Å². The summed E-state index contributed by atoms with van der Waals surface area (Å²) >= 11 is 5.99. The molecule has 3 aromatic rings. The van der Waals surface area contributed by atoms with E-state index in [9.17, 15) is 9.18 Å². The molecule has 0 unspecified atom stereocenters. The third-order valence-electron chi connectivity index (χ3n) is 3.36. The molecule has 0 fully saturated rings. The molecule has 1 N–H and O–H groups in total. The van der Waals surface area contributed by atoms with Crippen molar-refractivity contribution in [1.82, 2.24) is 24.5 Å². The first-order valence-electron chi connectivity index (χ1n) is 7.23. The number of benzene rings is 1. The molecule has 0 aliphatic heterocycles. The maximum Gasteiger partial charge on any atom is 0.276 e. The number of hydrogen-bond donors (Lipinski definition) is 1. The summed E-state index contributed by atoms with van der Waals surface area (Å²) in [7, 11) is 0. The van der Waals surface area contributed by atoms with Crippen LogP contribution in [-0.4, -0.2) is 30.5 Å². The number of hydrogen-bond acceptors (Lipinski definition) is 4. The van der Waals surface area contributed by atoms with Crippen molar-refractivity contribution in [2.75, 3.05) is 5.32 Å². The normalized spacial score (nSPS) is 10.8. The van der Waals surface area contributed by atoms with Crippen molar-refractivity contribution in [3.63, 3.8) is 0 Å². The van der Waals surface area contributed by atoms with Crippen LogP contribution in [0.2, 0.25) is 5.02 Å². The zero-order valence-corrected chi connectivity index (χ0v) is 13.5. The van der Waals surface area contributed by atoms with Crippen molar-refractivity contribution in [1.29, 1.82) is 0 Å². The summed E-state index contributed by atoms with van der Waals surface area (Å²) in [5.41, 5.74) is 1.13. The maximum atomic E-state index is 13.1. The van der Waals surface area contributed by atoms with E-state index >= 15 is 0 Å². The Morgan fingerprint density at radius 2 is 2.21 bits per heavy atom. The molecule has 7 nitrogen and oxygen atoms in total. The van der Waals surface area contributed by atoms with E-state index in [2.05, 4.69) is 20.5 Å². The van der Waals surface area contributed by atoms with E-state index in [4.69, 9.17) is 11.6 Å². The number of carbonyl (C=O) groups is 1. The highest BCUT2D eigenvalue weighted by Gasteiger charge is 2.13. The number of carbonyl (C=O) groups excluding carboxylic acids is 1. The standard InChI is InChI=1S/C15H14ClFN6O/c1-2-23-13(5-6-19-23)14(24)20-15-18-9-22(21-15)8-10-3-4-11(17)7-12(10)16/h3-7,9H,2,8H2,1H3,(H,20,21,24). The minimum Gasteiger partial charge on any atom is -0.288 e. The number of amides is 1. The molecule has 1 aromatic carbocycles. The quantitative estimate of drug-likeness (QED) is 0.768. The first-order valence-corrected chi connectivity index (χ1v) is 7.61. The second-order valence-corrected chi connectivity index (χ2v) is 5.40. The molecular weight excluding hydrogens is 335 g/mol. The van der Waals surface area contributed by atoms with Gasteiger partial charge in [-0.15, -0.1) is 5.10 Å². The molecule has 1 amide bonds. The Hall–Kier alpha value is -2.74. The smallest absolute Gasteiger partial charge is 0.276 e. The number of halogens is 2. The van der Waals surface area contributed by atoms with Gasteiger partial charge in [0.1, 0.15) is 17.8 Å². The van der Waals surface area contributed by atoms with Crippen LogP contribution in [-0.2, 0) is 13.1 Å². The number of aromatic nitrogens is 5. The minimum absolute atomic E-state index is 0.169. The van der Waals surface area contributed by atoms with Gasteiger partial charge in [-0.05, 0) is 30.7 Å². The third-order valence-corrected chi connectivity index (χ3v) is 3.71. The van der Waals surface area contributed by atoms with Crippen molar-refractivity contribution in [3.05, 3.63) is 58.9 Å². The van der Waals surface area contributed by atoms with Crippen molar-refractivity contribution in [2.24, 2.45) is 0 Å². The van der Waals surface area contributed by atoms with Crippen LogP contribution in [0.5, 0.6) is 0 Å². The molecule has 0 spiro atoms. The lowest BCUT2D eigenvalue weighted by atomic mass is 10.2. The average Bonchev–Trinajstić information content (AvgIpc) is 3.19. The van der Waals surface area contributed by atoms with Crippen LogP contribution in [0.15, 0.2) is 36.8 Å². The van der Waals surface area contributed by atoms with E-state index in [-0.39, 0.29) is 11.9 Å². The van der Waals surface area contributed by atoms with Crippen LogP contribution in [0, 0.1) is 5.82 Å². The molecule has 9 heteroatoms. The lowest BCUT2D eigenvalue weighted by molar-refractivity contribution is 0.101. The highest BCUT2D eigenvalue weighted by atomic mass is 35.5. The summed E-state index contributed by atoms with van der Waals surface area (Å²) in [5, 5.41) is 11.1. The predicted molar refractivity (Wildman–Crippen MR) is 86.4 cm³/mol. The van der Waals surface area contributed by atoms with Gasteiger partial charge in [0.25, 0.3) is 5.91 Å². The van der Waals surface area contributed by atoms with E-state index in [1.807, 2.05) is 6.92 Å². The second-order valence-electron chi connectivity index (χ2n) is 4.99. The monoisotopic (exact) mass is 348 g/mol. The third kappa shape index (κ3) is 3.43. The van der Waals surface area contributed by atoms with Gasteiger partial charge in [0.05, 0.1) is 6.54 Å². The average molecular weight is 349 g/mol. The van der Waals surface area contributed by atoms with Crippen LogP contribution >= 0.6 is 11.6 Å². The molecule has 24 heavy (non-hydrogen) atoms. The summed E-state index contributed by atoms with van der Waals surface area (Å²) in [6, 6.07) is 5.76. The highest BCUT2D eigenvalue weighted by Crippen LogP contribution is 2.18. The number of nitrogens with zero attached hydrogens (tertiary/aromatic N) is 5. The highest BCUT2D eigenvalue weighted by molar-refractivity contribution is 6.31. The van der Waals surface area contributed by atoms with E-state index in [0.29, 0.717) is 29.4 Å². The van der Waals surface area contributed by atoms with Gasteiger partial charge in [-0.2, -0.15) is 5.10 Å². The number of aryl methyl sites for hydroxylation is 1. The van der Waals surface area contributed by atoms with Gasteiger partial charge in [0.15, 0.2) is 0 Å². The van der Waals surface area contributed by atoms with Crippen LogP contribution in [0.1, 0.15) is 23.0 Å². The Kier molecular flexibility index (Phi) is 4.57.